The first-order valence-electron chi connectivity index (χ1n) is 9.72. The molecule has 5 heteroatoms. The van der Waals surface area contributed by atoms with E-state index < -0.39 is 0 Å². The molecule has 5 nitrogen and oxygen atoms in total. The summed E-state index contributed by atoms with van der Waals surface area (Å²) in [5.41, 5.74) is 4.62. The zero-order valence-corrected chi connectivity index (χ0v) is 15.8. The number of amides is 2. The van der Waals surface area contributed by atoms with E-state index in [1.165, 1.54) is 16.7 Å². The molecule has 3 aromatic rings. The van der Waals surface area contributed by atoms with Gasteiger partial charge in [-0.25, -0.2) is 4.79 Å². The van der Waals surface area contributed by atoms with E-state index in [0.717, 1.165) is 25.1 Å². The normalized spacial score (nSPS) is 16.1. The molecule has 142 valence electrons. The number of hydrogen-bond donors (Lipinski definition) is 1. The van der Waals surface area contributed by atoms with E-state index in [-0.39, 0.29) is 11.9 Å². The second-order valence-electron chi connectivity index (χ2n) is 7.11. The molecule has 1 aliphatic rings. The summed E-state index contributed by atoms with van der Waals surface area (Å²) in [6.45, 7) is 2.10. The van der Waals surface area contributed by atoms with Crippen LogP contribution >= 0.6 is 0 Å². The van der Waals surface area contributed by atoms with Gasteiger partial charge in [0.2, 0.25) is 0 Å². The topological polar surface area (TPSA) is 58.1 Å². The Morgan fingerprint density at radius 2 is 1.82 bits per heavy atom. The first-order valence-corrected chi connectivity index (χ1v) is 9.72. The highest BCUT2D eigenvalue weighted by atomic mass is 16.2. The fourth-order valence-electron chi connectivity index (χ4n) is 3.63. The van der Waals surface area contributed by atoms with Crippen molar-refractivity contribution in [3.8, 4) is 11.1 Å². The number of benzene rings is 2. The Morgan fingerprint density at radius 1 is 1.04 bits per heavy atom. The van der Waals surface area contributed by atoms with Gasteiger partial charge < -0.3 is 10.2 Å². The predicted octanol–water partition coefficient (Wildman–Crippen LogP) is 3.89. The van der Waals surface area contributed by atoms with E-state index in [9.17, 15) is 4.79 Å². The van der Waals surface area contributed by atoms with Gasteiger partial charge in [-0.1, -0.05) is 54.6 Å². The van der Waals surface area contributed by atoms with Gasteiger partial charge in [0, 0.05) is 44.1 Å². The van der Waals surface area contributed by atoms with Crippen molar-refractivity contribution < 1.29 is 4.79 Å². The van der Waals surface area contributed by atoms with Crippen LogP contribution in [0.3, 0.4) is 0 Å². The Balaban J connectivity index is 1.24. The van der Waals surface area contributed by atoms with Crippen LogP contribution in [0.1, 0.15) is 23.6 Å². The number of nitrogens with zero attached hydrogens (tertiary/aromatic N) is 3. The molecule has 4 rings (SSSR count). The van der Waals surface area contributed by atoms with Crippen molar-refractivity contribution in [1.29, 1.82) is 0 Å². The fraction of sp³-hybridized carbons (Fsp3) is 0.261. The van der Waals surface area contributed by atoms with Crippen molar-refractivity contribution >= 4 is 6.03 Å². The zero-order valence-electron chi connectivity index (χ0n) is 15.8. The third-order valence-corrected chi connectivity index (χ3v) is 5.23. The third-order valence-electron chi connectivity index (χ3n) is 5.23. The molecule has 0 radical (unpaired) electrons. The summed E-state index contributed by atoms with van der Waals surface area (Å²) in [6, 6.07) is 18.9. The molecule has 1 atom stereocenters. The maximum Gasteiger partial charge on any atom is 0.317 e. The SMILES string of the molecule is O=C(NCCc1ccc(-c2ccccc2)cc1)N1CCC(c2cnccn2)C1. The molecule has 0 saturated carbocycles. The van der Waals surface area contributed by atoms with Crippen molar-refractivity contribution in [2.45, 2.75) is 18.8 Å². The Bertz CT molecular complexity index is 897. The van der Waals surface area contributed by atoms with Crippen LogP contribution in [0.4, 0.5) is 4.79 Å². The number of likely N-dealkylation sites (tertiary alicyclic amines) is 1. The molecule has 28 heavy (non-hydrogen) atoms. The molecule has 1 aliphatic heterocycles. The highest BCUT2D eigenvalue weighted by Crippen LogP contribution is 2.25. The Morgan fingerprint density at radius 3 is 2.57 bits per heavy atom. The van der Waals surface area contributed by atoms with E-state index in [0.29, 0.717) is 13.1 Å². The predicted molar refractivity (Wildman–Crippen MR) is 110 cm³/mol. The Labute approximate surface area is 165 Å². The molecule has 1 unspecified atom stereocenters. The second-order valence-corrected chi connectivity index (χ2v) is 7.11. The van der Waals surface area contributed by atoms with Crippen molar-refractivity contribution in [3.63, 3.8) is 0 Å². The number of carbonyl (C=O) groups excluding carboxylic acids is 1. The summed E-state index contributed by atoms with van der Waals surface area (Å²) >= 11 is 0. The van der Waals surface area contributed by atoms with Crippen molar-refractivity contribution in [1.82, 2.24) is 20.2 Å². The van der Waals surface area contributed by atoms with Gasteiger partial charge in [0.15, 0.2) is 0 Å². The molecule has 0 bridgehead atoms. The summed E-state index contributed by atoms with van der Waals surface area (Å²) in [6.07, 6.45) is 6.94. The molecule has 1 saturated heterocycles. The molecule has 2 heterocycles. The summed E-state index contributed by atoms with van der Waals surface area (Å²) in [5, 5.41) is 3.04. The van der Waals surface area contributed by atoms with Crippen molar-refractivity contribution in [2.24, 2.45) is 0 Å². The molecular weight excluding hydrogens is 348 g/mol. The number of carbonyl (C=O) groups is 1. The van der Waals surface area contributed by atoms with Crippen LogP contribution in [0.25, 0.3) is 11.1 Å². The van der Waals surface area contributed by atoms with Crippen molar-refractivity contribution in [3.05, 3.63) is 84.4 Å². The van der Waals surface area contributed by atoms with Gasteiger partial charge in [-0.2, -0.15) is 0 Å². The minimum Gasteiger partial charge on any atom is -0.338 e. The van der Waals surface area contributed by atoms with E-state index in [1.54, 1.807) is 18.6 Å². The number of rotatable bonds is 5. The van der Waals surface area contributed by atoms with Gasteiger partial charge >= 0.3 is 6.03 Å². The largest absolute Gasteiger partial charge is 0.338 e. The molecule has 0 spiro atoms. The van der Waals surface area contributed by atoms with Gasteiger partial charge in [-0.3, -0.25) is 9.97 Å². The van der Waals surface area contributed by atoms with Gasteiger partial charge in [-0.15, -0.1) is 0 Å². The zero-order chi connectivity index (χ0) is 19.2. The summed E-state index contributed by atoms with van der Waals surface area (Å²) in [5.74, 6) is 0.282. The first kappa shape index (κ1) is 18.2. The summed E-state index contributed by atoms with van der Waals surface area (Å²) in [4.78, 5) is 22.8. The molecule has 1 N–H and O–H groups in total. The van der Waals surface area contributed by atoms with E-state index in [1.807, 2.05) is 23.1 Å². The maximum atomic E-state index is 12.4. The lowest BCUT2D eigenvalue weighted by Crippen LogP contribution is -2.39. The molecule has 1 fully saturated rings. The maximum absolute atomic E-state index is 12.4. The van der Waals surface area contributed by atoms with E-state index in [2.05, 4.69) is 51.7 Å². The van der Waals surface area contributed by atoms with Crippen LogP contribution in [0.15, 0.2) is 73.2 Å². The Kier molecular flexibility index (Phi) is 5.61. The highest BCUT2D eigenvalue weighted by Gasteiger charge is 2.27. The molecule has 2 aromatic carbocycles. The number of nitrogens with one attached hydrogen (secondary N) is 1. The molecule has 2 amide bonds. The summed E-state index contributed by atoms with van der Waals surface area (Å²) in [7, 11) is 0. The minimum absolute atomic E-state index is 0.00676. The average molecular weight is 372 g/mol. The van der Waals surface area contributed by atoms with Crippen LogP contribution in [0.2, 0.25) is 0 Å². The van der Waals surface area contributed by atoms with Gasteiger partial charge in [0.25, 0.3) is 0 Å². The van der Waals surface area contributed by atoms with E-state index >= 15 is 0 Å². The Hall–Kier alpha value is -3.21. The van der Waals surface area contributed by atoms with Crippen LogP contribution in [-0.4, -0.2) is 40.5 Å². The van der Waals surface area contributed by atoms with Crippen LogP contribution in [0, 0.1) is 0 Å². The van der Waals surface area contributed by atoms with Crippen LogP contribution < -0.4 is 5.32 Å². The van der Waals surface area contributed by atoms with Crippen LogP contribution in [-0.2, 0) is 6.42 Å². The molecule has 1 aromatic heterocycles. The lowest BCUT2D eigenvalue weighted by atomic mass is 10.0. The summed E-state index contributed by atoms with van der Waals surface area (Å²) < 4.78 is 0. The van der Waals surface area contributed by atoms with Gasteiger partial charge in [0.1, 0.15) is 0 Å². The van der Waals surface area contributed by atoms with E-state index in [4.69, 9.17) is 0 Å². The fourth-order valence-corrected chi connectivity index (χ4v) is 3.63. The first-order chi connectivity index (χ1) is 13.8. The molecular formula is C23H24N4O. The minimum atomic E-state index is 0.00676. The van der Waals surface area contributed by atoms with Gasteiger partial charge in [0.05, 0.1) is 5.69 Å². The average Bonchev–Trinajstić information content (AvgIpc) is 3.26. The number of urea groups is 1. The smallest absolute Gasteiger partial charge is 0.317 e. The number of aromatic nitrogens is 2. The third kappa shape index (κ3) is 4.36. The lowest BCUT2D eigenvalue weighted by molar-refractivity contribution is 0.208. The monoisotopic (exact) mass is 372 g/mol. The number of hydrogen-bond acceptors (Lipinski definition) is 3. The standard InChI is InChI=1S/C23H24N4O/c28-23(27-15-11-21(17-27)22-16-24-13-14-25-22)26-12-10-18-6-8-20(9-7-18)19-4-2-1-3-5-19/h1-9,13-14,16,21H,10-12,15,17H2,(H,26,28). The molecule has 0 aliphatic carbocycles. The quantitative estimate of drug-likeness (QED) is 0.739. The van der Waals surface area contributed by atoms with Crippen LogP contribution in [0.5, 0.6) is 0 Å². The van der Waals surface area contributed by atoms with Crippen molar-refractivity contribution in [2.75, 3.05) is 19.6 Å². The van der Waals surface area contributed by atoms with Gasteiger partial charge in [-0.05, 0) is 29.5 Å². The lowest BCUT2D eigenvalue weighted by Gasteiger charge is -2.17. The highest BCUT2D eigenvalue weighted by molar-refractivity contribution is 5.74. The second kappa shape index (κ2) is 8.65.